The van der Waals surface area contributed by atoms with Crippen molar-refractivity contribution in [3.63, 3.8) is 0 Å². The van der Waals surface area contributed by atoms with Gasteiger partial charge in [-0.2, -0.15) is 0 Å². The van der Waals surface area contributed by atoms with Crippen molar-refractivity contribution in [3.8, 4) is 0 Å². The molecule has 0 spiro atoms. The van der Waals surface area contributed by atoms with Gasteiger partial charge in [-0.25, -0.2) is 0 Å². The maximum absolute atomic E-state index is 12.7. The highest BCUT2D eigenvalue weighted by atomic mass is 16.2. The lowest BCUT2D eigenvalue weighted by Crippen LogP contribution is -2.56. The van der Waals surface area contributed by atoms with Crippen LogP contribution in [0.3, 0.4) is 0 Å². The van der Waals surface area contributed by atoms with Crippen molar-refractivity contribution >= 4 is 11.8 Å². The fourth-order valence-corrected chi connectivity index (χ4v) is 2.86. The summed E-state index contributed by atoms with van der Waals surface area (Å²) in [4.78, 5) is 24.8. The fraction of sp³-hybridized carbons (Fsp3) is 0.875. The number of amides is 2. The summed E-state index contributed by atoms with van der Waals surface area (Å²) in [6.07, 6.45) is 3.74. The lowest BCUT2D eigenvalue weighted by molar-refractivity contribution is -0.136. The van der Waals surface area contributed by atoms with E-state index in [1.165, 1.54) is 0 Å². The lowest BCUT2D eigenvalue weighted by atomic mass is 9.76. The van der Waals surface area contributed by atoms with Crippen LogP contribution in [0.4, 0.5) is 0 Å². The Morgan fingerprint density at radius 3 is 2.48 bits per heavy atom. The maximum Gasteiger partial charge on any atom is 0.242 e. The number of carbonyl (C=O) groups excluding carboxylic acids is 2. The minimum Gasteiger partial charge on any atom is -0.350 e. The van der Waals surface area contributed by atoms with E-state index in [0.29, 0.717) is 6.54 Å². The molecule has 1 fully saturated rings. The van der Waals surface area contributed by atoms with Crippen molar-refractivity contribution in [2.24, 2.45) is 5.41 Å². The zero-order valence-electron chi connectivity index (χ0n) is 14.1. The average molecular weight is 297 g/mol. The monoisotopic (exact) mass is 297 g/mol. The summed E-state index contributed by atoms with van der Waals surface area (Å²) >= 11 is 0. The summed E-state index contributed by atoms with van der Waals surface area (Å²) in [5, 5.41) is 9.13. The van der Waals surface area contributed by atoms with E-state index in [1.807, 2.05) is 20.8 Å². The van der Waals surface area contributed by atoms with Crippen LogP contribution in [0.2, 0.25) is 0 Å². The summed E-state index contributed by atoms with van der Waals surface area (Å²) in [6.45, 7) is 11.3. The van der Waals surface area contributed by atoms with Crippen LogP contribution in [0, 0.1) is 5.41 Å². The summed E-state index contributed by atoms with van der Waals surface area (Å²) in [5.41, 5.74) is -0.646. The molecule has 5 heteroatoms. The molecule has 0 aromatic carbocycles. The molecule has 1 aliphatic rings. The molecule has 2 atom stereocenters. The molecule has 0 bridgehead atoms. The third-order valence-corrected chi connectivity index (χ3v) is 3.92. The molecule has 1 saturated heterocycles. The van der Waals surface area contributed by atoms with Crippen LogP contribution in [-0.4, -0.2) is 36.5 Å². The molecule has 5 nitrogen and oxygen atoms in total. The zero-order valence-corrected chi connectivity index (χ0v) is 14.1. The maximum atomic E-state index is 12.7. The number of nitrogens with one attached hydrogen (secondary N) is 3. The van der Waals surface area contributed by atoms with E-state index < -0.39 is 6.04 Å². The van der Waals surface area contributed by atoms with Crippen LogP contribution in [0.5, 0.6) is 0 Å². The largest absolute Gasteiger partial charge is 0.350 e. The normalized spacial score (nSPS) is 24.2. The molecule has 0 saturated carbocycles. The number of hydrogen-bond acceptors (Lipinski definition) is 3. The molecule has 0 aromatic rings. The van der Waals surface area contributed by atoms with Gasteiger partial charge >= 0.3 is 0 Å². The van der Waals surface area contributed by atoms with Gasteiger partial charge in [0.15, 0.2) is 0 Å². The van der Waals surface area contributed by atoms with Crippen molar-refractivity contribution in [3.05, 3.63) is 0 Å². The van der Waals surface area contributed by atoms with E-state index in [4.69, 9.17) is 0 Å². The Labute approximate surface area is 128 Å². The predicted molar refractivity (Wildman–Crippen MR) is 84.9 cm³/mol. The Morgan fingerprint density at radius 1 is 1.33 bits per heavy atom. The first-order valence-electron chi connectivity index (χ1n) is 8.04. The van der Waals surface area contributed by atoms with Gasteiger partial charge in [0.05, 0.1) is 5.41 Å². The fourth-order valence-electron chi connectivity index (χ4n) is 2.86. The number of piperidine rings is 1. The third kappa shape index (κ3) is 5.30. The molecular formula is C16H31N3O2. The molecule has 122 valence electrons. The van der Waals surface area contributed by atoms with Crippen LogP contribution < -0.4 is 16.0 Å². The molecule has 21 heavy (non-hydrogen) atoms. The molecule has 2 amide bonds. The Bertz CT molecular complexity index is 363. The van der Waals surface area contributed by atoms with Gasteiger partial charge in [-0.15, -0.1) is 0 Å². The topological polar surface area (TPSA) is 70.2 Å². The summed E-state index contributed by atoms with van der Waals surface area (Å²) < 4.78 is 0. The van der Waals surface area contributed by atoms with Gasteiger partial charge in [0.2, 0.25) is 11.8 Å². The molecule has 0 radical (unpaired) electrons. The second-order valence-corrected chi connectivity index (χ2v) is 7.25. The van der Waals surface area contributed by atoms with Crippen LogP contribution in [-0.2, 0) is 9.59 Å². The first-order chi connectivity index (χ1) is 9.70. The molecular weight excluding hydrogens is 266 g/mol. The molecule has 0 aliphatic carbocycles. The second-order valence-electron chi connectivity index (χ2n) is 7.25. The molecule has 0 aromatic heterocycles. The molecule has 2 unspecified atom stereocenters. The highest BCUT2D eigenvalue weighted by Gasteiger charge is 2.39. The predicted octanol–water partition coefficient (Wildman–Crippen LogP) is 1.58. The van der Waals surface area contributed by atoms with Crippen molar-refractivity contribution in [2.45, 2.75) is 71.9 Å². The zero-order chi connectivity index (χ0) is 16.1. The van der Waals surface area contributed by atoms with E-state index in [0.717, 1.165) is 32.2 Å². The SMILES string of the molecule is CCCC1(C(=O)NC(C)C(=O)NC(C)(C)C)CCCNC1. The highest BCUT2D eigenvalue weighted by molar-refractivity contribution is 5.90. The van der Waals surface area contributed by atoms with Crippen molar-refractivity contribution in [2.75, 3.05) is 13.1 Å². The highest BCUT2D eigenvalue weighted by Crippen LogP contribution is 2.32. The van der Waals surface area contributed by atoms with E-state index in [-0.39, 0.29) is 22.8 Å². The Balaban J connectivity index is 2.66. The van der Waals surface area contributed by atoms with Crippen molar-refractivity contribution < 1.29 is 9.59 Å². The standard InChI is InChI=1S/C16H31N3O2/c1-6-8-16(9-7-10-17-11-16)14(21)18-12(2)13(20)19-15(3,4)5/h12,17H,6-11H2,1-5H3,(H,18,21)(H,19,20). The summed E-state index contributed by atoms with van der Waals surface area (Å²) in [7, 11) is 0. The van der Waals surface area contributed by atoms with E-state index in [9.17, 15) is 9.59 Å². The van der Waals surface area contributed by atoms with E-state index in [1.54, 1.807) is 6.92 Å². The Kier molecular flexibility index (Phi) is 6.20. The Hall–Kier alpha value is -1.10. The molecule has 1 rings (SSSR count). The van der Waals surface area contributed by atoms with Gasteiger partial charge < -0.3 is 16.0 Å². The van der Waals surface area contributed by atoms with E-state index in [2.05, 4.69) is 22.9 Å². The van der Waals surface area contributed by atoms with Crippen LogP contribution in [0.25, 0.3) is 0 Å². The van der Waals surface area contributed by atoms with Crippen LogP contribution >= 0.6 is 0 Å². The first kappa shape index (κ1) is 18.0. The van der Waals surface area contributed by atoms with Crippen LogP contribution in [0.1, 0.15) is 60.3 Å². The van der Waals surface area contributed by atoms with E-state index >= 15 is 0 Å². The smallest absolute Gasteiger partial charge is 0.242 e. The number of hydrogen-bond donors (Lipinski definition) is 3. The average Bonchev–Trinajstić information content (AvgIpc) is 2.38. The van der Waals surface area contributed by atoms with Gasteiger partial charge in [-0.1, -0.05) is 13.3 Å². The quantitative estimate of drug-likeness (QED) is 0.721. The summed E-state index contributed by atoms with van der Waals surface area (Å²) in [5.74, 6) is -0.126. The van der Waals surface area contributed by atoms with Gasteiger partial charge in [0.25, 0.3) is 0 Å². The minimum absolute atomic E-state index is 0.00751. The number of rotatable bonds is 5. The lowest BCUT2D eigenvalue weighted by Gasteiger charge is -2.37. The third-order valence-electron chi connectivity index (χ3n) is 3.92. The Morgan fingerprint density at radius 2 is 2.00 bits per heavy atom. The molecule has 1 heterocycles. The molecule has 3 N–H and O–H groups in total. The van der Waals surface area contributed by atoms with Gasteiger partial charge in [-0.05, 0) is 53.5 Å². The first-order valence-corrected chi connectivity index (χ1v) is 8.04. The van der Waals surface area contributed by atoms with Gasteiger partial charge in [0, 0.05) is 12.1 Å². The van der Waals surface area contributed by atoms with Crippen molar-refractivity contribution in [1.29, 1.82) is 0 Å². The minimum atomic E-state index is -0.507. The van der Waals surface area contributed by atoms with Gasteiger partial charge in [0.1, 0.15) is 6.04 Å². The molecule has 1 aliphatic heterocycles. The van der Waals surface area contributed by atoms with Crippen molar-refractivity contribution in [1.82, 2.24) is 16.0 Å². The summed E-state index contributed by atoms with van der Waals surface area (Å²) in [6, 6.07) is -0.507. The van der Waals surface area contributed by atoms with Crippen LogP contribution in [0.15, 0.2) is 0 Å². The number of carbonyl (C=O) groups is 2. The second kappa shape index (κ2) is 7.25. The van der Waals surface area contributed by atoms with Gasteiger partial charge in [-0.3, -0.25) is 9.59 Å².